The number of hydrogen-bond acceptors (Lipinski definition) is 2. The molecule has 0 aliphatic carbocycles. The van der Waals surface area contributed by atoms with E-state index < -0.39 is 24.2 Å². The molecule has 142 valence electrons. The lowest BCUT2D eigenvalue weighted by Gasteiger charge is -2.19. The number of benzene rings is 1. The summed E-state index contributed by atoms with van der Waals surface area (Å²) < 4.78 is 67.0. The first-order valence-corrected chi connectivity index (χ1v) is 7.96. The zero-order valence-electron chi connectivity index (χ0n) is 13.8. The van der Waals surface area contributed by atoms with Crippen LogP contribution < -0.4 is 5.73 Å². The number of imidazole rings is 1. The summed E-state index contributed by atoms with van der Waals surface area (Å²) in [6, 6.07) is 3.95. The highest BCUT2D eigenvalue weighted by atomic mass is 19.4. The SMILES string of the molecule is Fc1cccc(C2CCCc3ncc(CC(F)(F)F)n3C2)c1F.NC=O. The monoisotopic (exact) mass is 375 g/mol. The van der Waals surface area contributed by atoms with E-state index in [9.17, 15) is 22.0 Å². The first-order chi connectivity index (χ1) is 12.3. The van der Waals surface area contributed by atoms with Crippen LogP contribution in [0.3, 0.4) is 0 Å². The van der Waals surface area contributed by atoms with Gasteiger partial charge in [0, 0.05) is 30.8 Å². The molecule has 4 nitrogen and oxygen atoms in total. The predicted octanol–water partition coefficient (Wildman–Crippen LogP) is 3.49. The van der Waals surface area contributed by atoms with Crippen molar-refractivity contribution in [1.29, 1.82) is 0 Å². The molecule has 9 heteroatoms. The lowest BCUT2D eigenvalue weighted by molar-refractivity contribution is -0.128. The van der Waals surface area contributed by atoms with Gasteiger partial charge in [0.1, 0.15) is 5.82 Å². The fraction of sp³-hybridized carbons (Fsp3) is 0.412. The number of nitrogens with two attached hydrogens (primary N) is 1. The van der Waals surface area contributed by atoms with Crippen molar-refractivity contribution in [3.05, 3.63) is 53.1 Å². The van der Waals surface area contributed by atoms with E-state index >= 15 is 0 Å². The van der Waals surface area contributed by atoms with Crippen LogP contribution in [-0.2, 0) is 24.2 Å². The van der Waals surface area contributed by atoms with Gasteiger partial charge in [-0.2, -0.15) is 13.2 Å². The largest absolute Gasteiger partial charge is 0.394 e. The third-order valence-electron chi connectivity index (χ3n) is 4.18. The number of aromatic nitrogens is 2. The van der Waals surface area contributed by atoms with Crippen LogP contribution in [0.1, 0.15) is 35.8 Å². The van der Waals surface area contributed by atoms with E-state index in [4.69, 9.17) is 4.79 Å². The van der Waals surface area contributed by atoms with Crippen molar-refractivity contribution < 1.29 is 26.7 Å². The van der Waals surface area contributed by atoms with Gasteiger partial charge >= 0.3 is 6.18 Å². The molecule has 1 atom stereocenters. The number of alkyl halides is 3. The lowest BCUT2D eigenvalue weighted by Crippen LogP contribution is -2.18. The summed E-state index contributed by atoms with van der Waals surface area (Å²) in [5.74, 6) is -1.65. The number of halogens is 5. The van der Waals surface area contributed by atoms with Crippen molar-refractivity contribution in [2.45, 2.75) is 44.3 Å². The molecule has 1 amide bonds. The van der Waals surface area contributed by atoms with E-state index in [1.807, 2.05) is 0 Å². The predicted molar refractivity (Wildman–Crippen MR) is 84.3 cm³/mol. The number of amides is 1. The van der Waals surface area contributed by atoms with Crippen molar-refractivity contribution in [2.24, 2.45) is 5.73 Å². The van der Waals surface area contributed by atoms with Crippen LogP contribution >= 0.6 is 0 Å². The molecule has 1 unspecified atom stereocenters. The van der Waals surface area contributed by atoms with Gasteiger partial charge in [0.15, 0.2) is 11.6 Å². The topological polar surface area (TPSA) is 60.9 Å². The minimum atomic E-state index is -4.33. The van der Waals surface area contributed by atoms with Gasteiger partial charge < -0.3 is 10.3 Å². The van der Waals surface area contributed by atoms with E-state index in [0.717, 1.165) is 6.07 Å². The van der Waals surface area contributed by atoms with Gasteiger partial charge in [-0.05, 0) is 24.5 Å². The summed E-state index contributed by atoms with van der Waals surface area (Å²) in [5.41, 5.74) is 4.45. The van der Waals surface area contributed by atoms with Gasteiger partial charge in [-0.3, -0.25) is 4.79 Å². The average molecular weight is 375 g/mol. The Kier molecular flexibility index (Phi) is 6.33. The summed E-state index contributed by atoms with van der Waals surface area (Å²) in [6.07, 6.45) is -2.14. The normalized spacial score (nSPS) is 16.9. The Balaban J connectivity index is 0.000000758. The molecule has 0 saturated heterocycles. The molecule has 3 rings (SSSR count). The summed E-state index contributed by atoms with van der Waals surface area (Å²) in [4.78, 5) is 12.6. The van der Waals surface area contributed by atoms with Gasteiger partial charge in [-0.25, -0.2) is 13.8 Å². The Morgan fingerprint density at radius 3 is 2.65 bits per heavy atom. The Hall–Kier alpha value is -2.45. The molecule has 0 saturated carbocycles. The van der Waals surface area contributed by atoms with Crippen LogP contribution in [0.5, 0.6) is 0 Å². The number of hydrogen-bond donors (Lipinski definition) is 1. The van der Waals surface area contributed by atoms with Crippen LogP contribution in [0.15, 0.2) is 24.4 Å². The number of rotatable bonds is 2. The fourth-order valence-electron chi connectivity index (χ4n) is 3.13. The number of fused-ring (bicyclic) bond motifs is 1. The fourth-order valence-corrected chi connectivity index (χ4v) is 3.13. The standard InChI is InChI=1S/C16H15F5N2.CH3NO/c17-13-5-2-4-12(15(13)18)10-3-1-6-14-22-8-11(23(14)9-10)7-16(19,20)21;2-1-3/h2,4-5,8,10H,1,3,6-7,9H2;1H,(H2,2,3). The molecule has 0 fully saturated rings. The average Bonchev–Trinajstić information content (AvgIpc) is 2.79. The Morgan fingerprint density at radius 1 is 1.31 bits per heavy atom. The van der Waals surface area contributed by atoms with Crippen LogP contribution in [0.2, 0.25) is 0 Å². The Labute approximate surface area is 146 Å². The van der Waals surface area contributed by atoms with Crippen molar-refractivity contribution in [3.63, 3.8) is 0 Å². The van der Waals surface area contributed by atoms with Crippen molar-refractivity contribution in [2.75, 3.05) is 0 Å². The van der Waals surface area contributed by atoms with E-state index in [1.54, 1.807) is 0 Å². The molecule has 2 N–H and O–H groups in total. The highest BCUT2D eigenvalue weighted by Gasteiger charge is 2.32. The smallest absolute Gasteiger partial charge is 0.372 e. The van der Waals surface area contributed by atoms with E-state index in [1.165, 1.54) is 22.9 Å². The second-order valence-corrected chi connectivity index (χ2v) is 5.94. The maximum Gasteiger partial charge on any atom is 0.394 e. The molecule has 0 radical (unpaired) electrons. The number of carbonyl (C=O) groups excluding carboxylic acids is 1. The maximum atomic E-state index is 14.0. The minimum absolute atomic E-state index is 0.0659. The zero-order chi connectivity index (χ0) is 19.3. The molecule has 1 aromatic carbocycles. The van der Waals surface area contributed by atoms with E-state index in [0.29, 0.717) is 25.1 Å². The van der Waals surface area contributed by atoms with Crippen LogP contribution in [0, 0.1) is 11.6 Å². The Morgan fingerprint density at radius 2 is 2.00 bits per heavy atom. The molecule has 0 spiro atoms. The summed E-state index contributed by atoms with van der Waals surface area (Å²) in [5, 5.41) is 0. The quantitative estimate of drug-likeness (QED) is 0.645. The third kappa shape index (κ3) is 4.80. The number of carbonyl (C=O) groups is 1. The molecule has 26 heavy (non-hydrogen) atoms. The number of nitrogens with zero attached hydrogens (tertiary/aromatic N) is 2. The maximum absolute atomic E-state index is 14.0. The molecular formula is C17H18F5N3O. The molecule has 2 aromatic rings. The van der Waals surface area contributed by atoms with E-state index in [2.05, 4.69) is 10.7 Å². The molecule has 1 aliphatic heterocycles. The minimum Gasteiger partial charge on any atom is -0.372 e. The van der Waals surface area contributed by atoms with Crippen molar-refractivity contribution in [3.8, 4) is 0 Å². The molecule has 1 aliphatic rings. The highest BCUT2D eigenvalue weighted by molar-refractivity contribution is 5.42. The molecular weight excluding hydrogens is 357 g/mol. The van der Waals surface area contributed by atoms with Crippen LogP contribution in [-0.4, -0.2) is 22.1 Å². The van der Waals surface area contributed by atoms with Gasteiger partial charge in [-0.1, -0.05) is 12.1 Å². The number of aryl methyl sites for hydroxylation is 1. The molecule has 2 heterocycles. The summed E-state index contributed by atoms with van der Waals surface area (Å²) in [6.45, 7) is 0.182. The van der Waals surface area contributed by atoms with Gasteiger partial charge in [0.25, 0.3) is 0 Å². The highest BCUT2D eigenvalue weighted by Crippen LogP contribution is 2.32. The summed E-state index contributed by atoms with van der Waals surface area (Å²) >= 11 is 0. The summed E-state index contributed by atoms with van der Waals surface area (Å²) in [7, 11) is 0. The zero-order valence-corrected chi connectivity index (χ0v) is 13.8. The van der Waals surface area contributed by atoms with Gasteiger partial charge in [0.05, 0.1) is 6.42 Å². The van der Waals surface area contributed by atoms with Gasteiger partial charge in [0.2, 0.25) is 6.41 Å². The van der Waals surface area contributed by atoms with Crippen molar-refractivity contribution >= 4 is 6.41 Å². The lowest BCUT2D eigenvalue weighted by atomic mass is 9.93. The first-order valence-electron chi connectivity index (χ1n) is 7.96. The second-order valence-electron chi connectivity index (χ2n) is 5.94. The molecule has 1 aromatic heterocycles. The molecule has 0 bridgehead atoms. The van der Waals surface area contributed by atoms with Gasteiger partial charge in [-0.15, -0.1) is 0 Å². The Bertz CT molecular complexity index is 757. The number of primary amides is 1. The third-order valence-corrected chi connectivity index (χ3v) is 4.18. The van der Waals surface area contributed by atoms with Crippen molar-refractivity contribution in [1.82, 2.24) is 9.55 Å². The second kappa shape index (κ2) is 8.29. The first kappa shape index (κ1) is 19.9. The van der Waals surface area contributed by atoms with Crippen LogP contribution in [0.25, 0.3) is 0 Å². The van der Waals surface area contributed by atoms with Crippen LogP contribution in [0.4, 0.5) is 22.0 Å². The van der Waals surface area contributed by atoms with E-state index in [-0.39, 0.29) is 30.1 Å².